The third kappa shape index (κ3) is 5.23. The van der Waals surface area contributed by atoms with Gasteiger partial charge in [-0.15, -0.1) is 0 Å². The summed E-state index contributed by atoms with van der Waals surface area (Å²) >= 11 is 3.42. The molecule has 0 amide bonds. The number of furan rings is 1. The Labute approximate surface area is 234 Å². The summed E-state index contributed by atoms with van der Waals surface area (Å²) in [5, 5.41) is 10.8. The van der Waals surface area contributed by atoms with E-state index in [-0.39, 0.29) is 17.4 Å². The standard InChI is InChI=1S/C31H27BrN2O5/c1-3-4-7-14-36-25-9-6-5-8-22(25)28-23-13-11-20(16-27(23)39-30(34)24(28)17-33)37-31(35)29-18(2)21-12-10-19(32)15-26(21)38-29/h5-6,8-13,15-16,28H,3-4,7,14,34H2,1-2H3. The molecule has 0 spiro atoms. The molecule has 0 aliphatic carbocycles. The lowest BCUT2D eigenvalue weighted by molar-refractivity contribution is 0.0702. The predicted molar refractivity (Wildman–Crippen MR) is 151 cm³/mol. The van der Waals surface area contributed by atoms with Crippen molar-refractivity contribution < 1.29 is 23.4 Å². The number of aryl methyl sites for hydroxylation is 1. The average molecular weight is 587 g/mol. The summed E-state index contributed by atoms with van der Waals surface area (Å²) in [6.45, 7) is 4.53. The van der Waals surface area contributed by atoms with Gasteiger partial charge < -0.3 is 24.4 Å². The lowest BCUT2D eigenvalue weighted by atomic mass is 9.83. The van der Waals surface area contributed by atoms with E-state index in [0.717, 1.165) is 40.2 Å². The highest BCUT2D eigenvalue weighted by molar-refractivity contribution is 9.10. The molecule has 0 saturated carbocycles. The highest BCUT2D eigenvalue weighted by atomic mass is 79.9. The third-order valence-electron chi connectivity index (χ3n) is 6.72. The quantitative estimate of drug-likeness (QED) is 0.129. The summed E-state index contributed by atoms with van der Waals surface area (Å²) in [5.74, 6) is 0.345. The number of carbonyl (C=O) groups is 1. The second-order valence-electron chi connectivity index (χ2n) is 9.30. The van der Waals surface area contributed by atoms with Gasteiger partial charge in [-0.3, -0.25) is 0 Å². The lowest BCUT2D eigenvalue weighted by Crippen LogP contribution is -2.21. The molecule has 0 radical (unpaired) electrons. The molecule has 2 N–H and O–H groups in total. The van der Waals surface area contributed by atoms with E-state index < -0.39 is 11.9 Å². The fourth-order valence-corrected chi connectivity index (χ4v) is 5.09. The van der Waals surface area contributed by atoms with Crippen molar-refractivity contribution in [3.63, 3.8) is 0 Å². The first-order valence-corrected chi connectivity index (χ1v) is 13.5. The predicted octanol–water partition coefficient (Wildman–Crippen LogP) is 7.51. The number of allylic oxidation sites excluding steroid dienone is 1. The van der Waals surface area contributed by atoms with Crippen LogP contribution in [0.2, 0.25) is 0 Å². The molecule has 1 aromatic heterocycles. The largest absolute Gasteiger partial charge is 0.493 e. The SMILES string of the molecule is CCCCCOc1ccccc1C1C(C#N)=C(N)Oc2cc(OC(=O)c3oc4cc(Br)ccc4c3C)ccc21. The van der Waals surface area contributed by atoms with Crippen LogP contribution in [-0.2, 0) is 0 Å². The van der Waals surface area contributed by atoms with Crippen LogP contribution in [0.15, 0.2) is 81.0 Å². The molecule has 0 bridgehead atoms. The molecular weight excluding hydrogens is 560 g/mol. The number of benzene rings is 3. The number of esters is 1. The van der Waals surface area contributed by atoms with Gasteiger partial charge in [0.1, 0.15) is 34.5 Å². The molecule has 1 aliphatic heterocycles. The van der Waals surface area contributed by atoms with Crippen LogP contribution < -0.4 is 19.9 Å². The van der Waals surface area contributed by atoms with E-state index in [2.05, 4.69) is 28.9 Å². The number of carbonyl (C=O) groups excluding carboxylic acids is 1. The molecule has 4 aromatic rings. The maximum absolute atomic E-state index is 13.0. The number of nitrogens with two attached hydrogens (primary N) is 1. The molecule has 2 heterocycles. The van der Waals surface area contributed by atoms with Crippen molar-refractivity contribution >= 4 is 32.9 Å². The molecule has 198 valence electrons. The van der Waals surface area contributed by atoms with Crippen LogP contribution in [0.5, 0.6) is 17.2 Å². The molecule has 0 saturated heterocycles. The van der Waals surface area contributed by atoms with Crippen molar-refractivity contribution in [1.29, 1.82) is 5.26 Å². The molecule has 7 nitrogen and oxygen atoms in total. The van der Waals surface area contributed by atoms with E-state index in [0.29, 0.717) is 34.8 Å². The van der Waals surface area contributed by atoms with Crippen molar-refractivity contribution in [2.75, 3.05) is 6.61 Å². The van der Waals surface area contributed by atoms with Gasteiger partial charge in [-0.2, -0.15) is 5.26 Å². The number of ether oxygens (including phenoxy) is 3. The summed E-state index contributed by atoms with van der Waals surface area (Å²) in [6.07, 6.45) is 3.11. The molecule has 1 atom stereocenters. The van der Waals surface area contributed by atoms with E-state index >= 15 is 0 Å². The van der Waals surface area contributed by atoms with Gasteiger partial charge in [0.05, 0.1) is 12.5 Å². The van der Waals surface area contributed by atoms with Crippen molar-refractivity contribution in [1.82, 2.24) is 0 Å². The molecule has 3 aromatic carbocycles. The number of fused-ring (bicyclic) bond motifs is 2. The number of rotatable bonds is 8. The zero-order valence-electron chi connectivity index (χ0n) is 21.6. The van der Waals surface area contributed by atoms with E-state index in [1.54, 1.807) is 24.3 Å². The normalized spacial score (nSPS) is 14.5. The summed E-state index contributed by atoms with van der Waals surface area (Å²) in [4.78, 5) is 13.0. The Kier molecular flexibility index (Phi) is 7.62. The summed E-state index contributed by atoms with van der Waals surface area (Å²) in [7, 11) is 0. The Balaban J connectivity index is 1.46. The molecule has 0 fully saturated rings. The zero-order valence-corrected chi connectivity index (χ0v) is 23.2. The van der Waals surface area contributed by atoms with Crippen LogP contribution >= 0.6 is 15.9 Å². The first kappa shape index (κ1) is 26.4. The Morgan fingerprint density at radius 2 is 1.92 bits per heavy atom. The Hall–Kier alpha value is -4.22. The van der Waals surface area contributed by atoms with Gasteiger partial charge in [-0.1, -0.05) is 60.0 Å². The van der Waals surface area contributed by atoms with Gasteiger partial charge >= 0.3 is 5.97 Å². The number of hydrogen-bond acceptors (Lipinski definition) is 7. The zero-order chi connectivity index (χ0) is 27.5. The fraction of sp³-hybridized carbons (Fsp3) is 0.226. The molecule has 39 heavy (non-hydrogen) atoms. The molecule has 1 aliphatic rings. The topological polar surface area (TPSA) is 108 Å². The molecule has 1 unspecified atom stereocenters. The fourth-order valence-electron chi connectivity index (χ4n) is 4.75. The van der Waals surface area contributed by atoms with E-state index in [4.69, 9.17) is 24.4 Å². The maximum atomic E-state index is 13.0. The highest BCUT2D eigenvalue weighted by Gasteiger charge is 2.33. The number of hydrogen-bond donors (Lipinski definition) is 1. The minimum absolute atomic E-state index is 0.00188. The van der Waals surface area contributed by atoms with E-state index in [1.807, 2.05) is 43.3 Å². The van der Waals surface area contributed by atoms with Gasteiger partial charge in [0.25, 0.3) is 0 Å². The van der Waals surface area contributed by atoms with E-state index in [9.17, 15) is 10.1 Å². The average Bonchev–Trinajstić information content (AvgIpc) is 3.26. The molecule has 5 rings (SSSR count). The maximum Gasteiger partial charge on any atom is 0.379 e. The summed E-state index contributed by atoms with van der Waals surface area (Å²) in [6, 6.07) is 20.5. The van der Waals surface area contributed by atoms with Gasteiger partial charge in [-0.25, -0.2) is 4.79 Å². The first-order valence-electron chi connectivity index (χ1n) is 12.7. The monoisotopic (exact) mass is 586 g/mol. The number of nitrogens with zero attached hydrogens (tertiary/aromatic N) is 1. The van der Waals surface area contributed by atoms with Crippen molar-refractivity contribution in [2.24, 2.45) is 5.73 Å². The van der Waals surface area contributed by atoms with Gasteiger partial charge in [0.2, 0.25) is 11.6 Å². The second kappa shape index (κ2) is 11.3. The van der Waals surface area contributed by atoms with E-state index in [1.165, 1.54) is 0 Å². The van der Waals surface area contributed by atoms with Crippen molar-refractivity contribution in [2.45, 2.75) is 39.0 Å². The van der Waals surface area contributed by atoms with Crippen LogP contribution in [0.1, 0.15) is 59.3 Å². The van der Waals surface area contributed by atoms with Gasteiger partial charge in [0.15, 0.2) is 0 Å². The number of halogens is 1. The smallest absolute Gasteiger partial charge is 0.379 e. The summed E-state index contributed by atoms with van der Waals surface area (Å²) in [5.41, 5.74) is 9.31. The van der Waals surface area contributed by atoms with Gasteiger partial charge in [-0.05, 0) is 43.7 Å². The molecule has 8 heteroatoms. The van der Waals surface area contributed by atoms with Crippen LogP contribution in [0.4, 0.5) is 0 Å². The Morgan fingerprint density at radius 3 is 2.72 bits per heavy atom. The van der Waals surface area contributed by atoms with Crippen molar-refractivity contribution in [3.8, 4) is 23.3 Å². The number of nitriles is 1. The minimum atomic E-state index is -0.626. The number of para-hydroxylation sites is 1. The number of unbranched alkanes of at least 4 members (excludes halogenated alkanes) is 2. The van der Waals surface area contributed by atoms with Crippen molar-refractivity contribution in [3.05, 3.63) is 99.0 Å². The molecular formula is C31H27BrN2O5. The van der Waals surface area contributed by atoms with Crippen LogP contribution in [0, 0.1) is 18.3 Å². The summed E-state index contributed by atoms with van der Waals surface area (Å²) < 4.78 is 24.2. The van der Waals surface area contributed by atoms with Crippen LogP contribution in [0.3, 0.4) is 0 Å². The minimum Gasteiger partial charge on any atom is -0.493 e. The lowest BCUT2D eigenvalue weighted by Gasteiger charge is -2.28. The van der Waals surface area contributed by atoms with Crippen LogP contribution in [0.25, 0.3) is 11.0 Å². The third-order valence-corrected chi connectivity index (χ3v) is 7.22. The highest BCUT2D eigenvalue weighted by Crippen LogP contribution is 2.46. The first-order chi connectivity index (χ1) is 18.9. The second-order valence-corrected chi connectivity index (χ2v) is 10.2. The Morgan fingerprint density at radius 1 is 1.10 bits per heavy atom. The Bertz CT molecular complexity index is 1630. The van der Waals surface area contributed by atoms with Gasteiger partial charge in [0, 0.05) is 32.6 Å². The van der Waals surface area contributed by atoms with Crippen LogP contribution in [-0.4, -0.2) is 12.6 Å².